The van der Waals surface area contributed by atoms with E-state index in [1.807, 2.05) is 0 Å². The highest BCUT2D eigenvalue weighted by molar-refractivity contribution is 6.15. The molecule has 4 rings (SSSR count). The molecule has 0 radical (unpaired) electrons. The first kappa shape index (κ1) is 23.4. The summed E-state index contributed by atoms with van der Waals surface area (Å²) in [5.41, 5.74) is -0.471. The van der Waals surface area contributed by atoms with Gasteiger partial charge in [0.05, 0.1) is 0 Å². The number of hydrogen-bond acceptors (Lipinski definition) is 8. The van der Waals surface area contributed by atoms with Crippen molar-refractivity contribution in [1.82, 2.24) is 0 Å². The summed E-state index contributed by atoms with van der Waals surface area (Å²) in [6.45, 7) is 3.30. The minimum Gasteiger partial charge on any atom is -0.480 e. The molecule has 1 N–H and O–H groups in total. The molecule has 0 amide bonds. The van der Waals surface area contributed by atoms with E-state index in [2.05, 4.69) is 0 Å². The fourth-order valence-corrected chi connectivity index (χ4v) is 5.28. The lowest BCUT2D eigenvalue weighted by Gasteiger charge is -2.40. The van der Waals surface area contributed by atoms with Crippen molar-refractivity contribution in [3.8, 4) is 0 Å². The van der Waals surface area contributed by atoms with Crippen molar-refractivity contribution in [3.63, 3.8) is 0 Å². The smallest absolute Gasteiger partial charge is 0.348 e. The number of esters is 3. The zero-order valence-electron chi connectivity index (χ0n) is 19.3. The van der Waals surface area contributed by atoms with Crippen LogP contribution >= 0.6 is 0 Å². The van der Waals surface area contributed by atoms with Crippen molar-refractivity contribution < 1.29 is 38.4 Å². The summed E-state index contributed by atoms with van der Waals surface area (Å²) < 4.78 is 22.2. The highest BCUT2D eigenvalue weighted by atomic mass is 16.8. The van der Waals surface area contributed by atoms with Gasteiger partial charge in [-0.05, 0) is 37.8 Å². The average molecular weight is 461 g/mol. The monoisotopic (exact) mass is 460 g/mol. The summed E-state index contributed by atoms with van der Waals surface area (Å²) in [5, 5.41) is 10.4. The Morgan fingerprint density at radius 1 is 0.727 bits per heavy atom. The number of rotatable bonds is 4. The van der Waals surface area contributed by atoms with E-state index in [-0.39, 0.29) is 23.0 Å². The Kier molecular flexibility index (Phi) is 6.54. The molecule has 180 valence electrons. The van der Waals surface area contributed by atoms with Gasteiger partial charge >= 0.3 is 17.9 Å². The Labute approximate surface area is 193 Å². The van der Waals surface area contributed by atoms with Crippen LogP contribution < -0.4 is 0 Å². The van der Waals surface area contributed by atoms with Crippen LogP contribution in [-0.2, 0) is 33.3 Å². The second-order valence-electron chi connectivity index (χ2n) is 9.63. The minimum atomic E-state index is -1.26. The lowest BCUT2D eigenvalue weighted by molar-refractivity contribution is -0.255. The van der Waals surface area contributed by atoms with Gasteiger partial charge in [-0.3, -0.25) is 0 Å². The van der Waals surface area contributed by atoms with E-state index in [0.717, 1.165) is 64.2 Å². The normalized spacial score (nSPS) is 32.3. The largest absolute Gasteiger partial charge is 0.480 e. The Balaban J connectivity index is 1.45. The van der Waals surface area contributed by atoms with Gasteiger partial charge < -0.3 is 24.1 Å². The molecule has 33 heavy (non-hydrogen) atoms. The lowest BCUT2D eigenvalue weighted by atomic mass is 9.83. The summed E-state index contributed by atoms with van der Waals surface area (Å²) in [5.74, 6) is -5.28. The standard InChI is InChI=1S/C25H32O8/c1-24(16-10-5-3-6-11-16)30-20(26)18(21(27)31-24)14-9-15-19-22(28)32-25(2,33-23(19)29)17-12-7-4-8-13-17/h9,14-17,26H,3-8,10-13H2,1-2H3. The quantitative estimate of drug-likeness (QED) is 0.371. The lowest BCUT2D eigenvalue weighted by Crippen LogP contribution is -2.49. The molecular formula is C25H32O8. The molecule has 1 saturated heterocycles. The van der Waals surface area contributed by atoms with Crippen molar-refractivity contribution >= 4 is 17.9 Å². The maximum Gasteiger partial charge on any atom is 0.348 e. The summed E-state index contributed by atoms with van der Waals surface area (Å²) >= 11 is 0. The third-order valence-corrected chi connectivity index (χ3v) is 7.29. The van der Waals surface area contributed by atoms with Crippen molar-refractivity contribution in [2.75, 3.05) is 0 Å². The predicted molar refractivity (Wildman–Crippen MR) is 116 cm³/mol. The van der Waals surface area contributed by atoms with Crippen LogP contribution in [0.2, 0.25) is 0 Å². The van der Waals surface area contributed by atoms with Crippen LogP contribution in [0.15, 0.2) is 35.3 Å². The van der Waals surface area contributed by atoms with Crippen LogP contribution in [0.4, 0.5) is 0 Å². The second kappa shape index (κ2) is 9.23. The fourth-order valence-electron chi connectivity index (χ4n) is 5.28. The average Bonchev–Trinajstić information content (AvgIpc) is 2.78. The minimum absolute atomic E-state index is 0.00949. The van der Waals surface area contributed by atoms with E-state index in [1.165, 1.54) is 18.2 Å². The van der Waals surface area contributed by atoms with Crippen LogP contribution in [0.3, 0.4) is 0 Å². The molecule has 8 nitrogen and oxygen atoms in total. The van der Waals surface area contributed by atoms with Gasteiger partial charge in [0.25, 0.3) is 17.5 Å². The van der Waals surface area contributed by atoms with E-state index in [9.17, 15) is 19.5 Å². The highest BCUT2D eigenvalue weighted by Gasteiger charge is 2.48. The number of aliphatic hydroxyl groups excluding tert-OH is 1. The van der Waals surface area contributed by atoms with Crippen LogP contribution in [0, 0.1) is 11.8 Å². The third-order valence-electron chi connectivity index (χ3n) is 7.29. The Bertz CT molecular complexity index is 881. The second-order valence-corrected chi connectivity index (χ2v) is 9.63. The van der Waals surface area contributed by atoms with Crippen LogP contribution in [0.25, 0.3) is 0 Å². The van der Waals surface area contributed by atoms with E-state index < -0.39 is 35.4 Å². The Morgan fingerprint density at radius 3 is 1.67 bits per heavy atom. The van der Waals surface area contributed by atoms with Gasteiger partial charge in [0.2, 0.25) is 0 Å². The first-order valence-electron chi connectivity index (χ1n) is 11.9. The van der Waals surface area contributed by atoms with Gasteiger partial charge in [-0.25, -0.2) is 14.4 Å². The predicted octanol–water partition coefficient (Wildman–Crippen LogP) is 4.51. The zero-order chi connectivity index (χ0) is 23.6. The van der Waals surface area contributed by atoms with Crippen LogP contribution in [0.5, 0.6) is 0 Å². The molecule has 0 aromatic carbocycles. The number of allylic oxidation sites excluding steroid dienone is 2. The van der Waals surface area contributed by atoms with Crippen molar-refractivity contribution in [2.24, 2.45) is 11.8 Å². The summed E-state index contributed by atoms with van der Waals surface area (Å²) in [7, 11) is 0. The Hall–Kier alpha value is -2.77. The number of carbonyl (C=O) groups excluding carboxylic acids is 3. The summed E-state index contributed by atoms with van der Waals surface area (Å²) in [6, 6.07) is 0. The number of cyclic esters (lactones) is 3. The maximum atomic E-state index is 12.6. The van der Waals surface area contributed by atoms with Crippen molar-refractivity contribution in [2.45, 2.75) is 89.6 Å². The van der Waals surface area contributed by atoms with Crippen LogP contribution in [-0.4, -0.2) is 34.6 Å². The highest BCUT2D eigenvalue weighted by Crippen LogP contribution is 2.41. The molecule has 2 aliphatic carbocycles. The van der Waals surface area contributed by atoms with Gasteiger partial charge in [0.1, 0.15) is 11.1 Å². The number of ether oxygens (including phenoxy) is 4. The van der Waals surface area contributed by atoms with Gasteiger partial charge in [0, 0.05) is 25.7 Å². The Morgan fingerprint density at radius 2 is 1.18 bits per heavy atom. The number of aliphatic hydroxyl groups is 1. The number of carbonyl (C=O) groups is 3. The molecule has 2 saturated carbocycles. The van der Waals surface area contributed by atoms with E-state index in [4.69, 9.17) is 18.9 Å². The van der Waals surface area contributed by atoms with Gasteiger partial charge in [-0.1, -0.05) is 44.6 Å². The molecule has 8 heteroatoms. The molecular weight excluding hydrogens is 428 g/mol. The van der Waals surface area contributed by atoms with Crippen LogP contribution in [0.1, 0.15) is 78.1 Å². The van der Waals surface area contributed by atoms with Crippen molar-refractivity contribution in [3.05, 3.63) is 35.3 Å². The molecule has 1 atom stereocenters. The first-order valence-corrected chi connectivity index (χ1v) is 11.9. The van der Waals surface area contributed by atoms with Gasteiger partial charge in [0.15, 0.2) is 0 Å². The van der Waals surface area contributed by atoms with Crippen molar-refractivity contribution in [1.29, 1.82) is 0 Å². The molecule has 4 aliphatic rings. The maximum absolute atomic E-state index is 12.6. The molecule has 3 fully saturated rings. The van der Waals surface area contributed by atoms with E-state index in [1.54, 1.807) is 13.8 Å². The molecule has 0 aromatic rings. The van der Waals surface area contributed by atoms with E-state index in [0.29, 0.717) is 0 Å². The SMILES string of the molecule is CC1(C2CCCCC2)OC(=O)C(=CC=CC2=C(O)OC(C)(C3CCCCC3)OC2=O)C(=O)O1. The summed E-state index contributed by atoms with van der Waals surface area (Å²) in [4.78, 5) is 37.6. The molecule has 2 heterocycles. The molecule has 1 unspecified atom stereocenters. The number of hydrogen-bond donors (Lipinski definition) is 1. The topological polar surface area (TPSA) is 108 Å². The summed E-state index contributed by atoms with van der Waals surface area (Å²) in [6.07, 6.45) is 13.5. The van der Waals surface area contributed by atoms with E-state index >= 15 is 0 Å². The molecule has 0 spiro atoms. The van der Waals surface area contributed by atoms with Gasteiger partial charge in [-0.2, -0.15) is 0 Å². The van der Waals surface area contributed by atoms with Gasteiger partial charge in [-0.15, -0.1) is 0 Å². The third kappa shape index (κ3) is 4.80. The zero-order valence-corrected chi connectivity index (χ0v) is 19.3. The molecule has 2 aliphatic heterocycles. The first-order chi connectivity index (χ1) is 15.7. The molecule has 0 bridgehead atoms. The molecule has 0 aromatic heterocycles. The fraction of sp³-hybridized carbons (Fsp3) is 0.640.